The predicted molar refractivity (Wildman–Crippen MR) is 138 cm³/mol. The van der Waals surface area contributed by atoms with Crippen molar-refractivity contribution in [3.05, 3.63) is 99.2 Å². The third-order valence-electron chi connectivity index (χ3n) is 6.05. The van der Waals surface area contributed by atoms with Crippen LogP contribution < -0.4 is 9.64 Å². The quantitative estimate of drug-likeness (QED) is 0.300. The van der Waals surface area contributed by atoms with Crippen molar-refractivity contribution in [1.29, 1.82) is 0 Å². The van der Waals surface area contributed by atoms with Gasteiger partial charge in [0.2, 0.25) is 0 Å². The van der Waals surface area contributed by atoms with Gasteiger partial charge >= 0.3 is 5.97 Å². The molecule has 1 aliphatic heterocycles. The first-order valence-corrected chi connectivity index (χ1v) is 12.0. The summed E-state index contributed by atoms with van der Waals surface area (Å²) in [5.41, 5.74) is 4.19. The number of rotatable bonds is 6. The number of benzene rings is 3. The molecule has 1 unspecified atom stereocenters. The van der Waals surface area contributed by atoms with Crippen LogP contribution in [0.5, 0.6) is 5.75 Å². The van der Waals surface area contributed by atoms with Crippen LogP contribution in [-0.2, 0) is 4.74 Å². The van der Waals surface area contributed by atoms with Crippen LogP contribution in [-0.4, -0.2) is 35.8 Å². The molecule has 9 heteroatoms. The summed E-state index contributed by atoms with van der Waals surface area (Å²) >= 11 is 12.8. The molecule has 3 aromatic carbocycles. The zero-order valence-electron chi connectivity index (χ0n) is 19.4. The van der Waals surface area contributed by atoms with Crippen LogP contribution in [0, 0.1) is 0 Å². The van der Waals surface area contributed by atoms with Crippen LogP contribution >= 0.6 is 23.2 Å². The second kappa shape index (κ2) is 9.68. The second-order valence-electron chi connectivity index (χ2n) is 8.10. The third kappa shape index (κ3) is 4.10. The lowest BCUT2D eigenvalue weighted by molar-refractivity contribution is 0.0526. The Bertz CT molecular complexity index is 1450. The fraction of sp³-hybridized carbons (Fsp3) is 0.148. The maximum atomic E-state index is 13.7. The van der Waals surface area contributed by atoms with Gasteiger partial charge in [-0.15, -0.1) is 0 Å². The van der Waals surface area contributed by atoms with Gasteiger partial charge in [0, 0.05) is 26.9 Å². The zero-order chi connectivity index (χ0) is 25.4. The number of carbonyl (C=O) groups excluding carboxylic acids is 2. The summed E-state index contributed by atoms with van der Waals surface area (Å²) in [6, 6.07) is 18.8. The number of ether oxygens (including phenoxy) is 2. The molecular formula is C27H21Cl2N3O4. The van der Waals surface area contributed by atoms with E-state index in [4.69, 9.17) is 32.7 Å². The van der Waals surface area contributed by atoms with Crippen molar-refractivity contribution in [2.75, 3.05) is 18.6 Å². The Balaban J connectivity index is 1.65. The summed E-state index contributed by atoms with van der Waals surface area (Å²) in [6.45, 7) is 2.02. The Morgan fingerprint density at radius 2 is 1.78 bits per heavy atom. The summed E-state index contributed by atoms with van der Waals surface area (Å²) in [7, 11) is 1.60. The van der Waals surface area contributed by atoms with Crippen molar-refractivity contribution in [2.24, 2.45) is 0 Å². The highest BCUT2D eigenvalue weighted by Crippen LogP contribution is 2.47. The molecule has 1 amide bonds. The van der Waals surface area contributed by atoms with Gasteiger partial charge in [0.1, 0.15) is 11.4 Å². The molecule has 36 heavy (non-hydrogen) atoms. The molecule has 0 radical (unpaired) electrons. The van der Waals surface area contributed by atoms with Gasteiger partial charge < -0.3 is 9.47 Å². The number of halogens is 2. The first kappa shape index (κ1) is 23.9. The van der Waals surface area contributed by atoms with Crippen LogP contribution in [0.4, 0.5) is 5.69 Å². The Morgan fingerprint density at radius 1 is 1.06 bits per heavy atom. The number of H-pyrrole nitrogens is 1. The monoisotopic (exact) mass is 521 g/mol. The average molecular weight is 522 g/mol. The maximum absolute atomic E-state index is 13.7. The minimum absolute atomic E-state index is 0.267. The van der Waals surface area contributed by atoms with E-state index < -0.39 is 12.0 Å². The summed E-state index contributed by atoms with van der Waals surface area (Å²) in [4.78, 5) is 27.5. The SMILES string of the molecule is CCOC(=O)c1ccc(N2C(=O)c3[nH]nc(-c4ccc(OC)cc4)c3C2c2ccc(Cl)cc2Cl)cc1. The largest absolute Gasteiger partial charge is 0.497 e. The van der Waals surface area contributed by atoms with Crippen molar-refractivity contribution >= 4 is 40.8 Å². The lowest BCUT2D eigenvalue weighted by atomic mass is 9.95. The van der Waals surface area contributed by atoms with E-state index in [0.717, 1.165) is 5.56 Å². The predicted octanol–water partition coefficient (Wildman–Crippen LogP) is 6.32. The molecule has 1 N–H and O–H groups in total. The molecule has 5 rings (SSSR count). The Morgan fingerprint density at radius 3 is 2.42 bits per heavy atom. The molecule has 0 saturated carbocycles. The molecule has 0 bridgehead atoms. The van der Waals surface area contributed by atoms with E-state index in [0.29, 0.717) is 49.6 Å². The van der Waals surface area contributed by atoms with Crippen molar-refractivity contribution in [3.8, 4) is 17.0 Å². The molecule has 1 aromatic heterocycles. The van der Waals surface area contributed by atoms with E-state index in [-0.39, 0.29) is 12.5 Å². The second-order valence-corrected chi connectivity index (χ2v) is 8.94. The molecule has 1 aliphatic rings. The van der Waals surface area contributed by atoms with Gasteiger partial charge in [-0.3, -0.25) is 14.8 Å². The lowest BCUT2D eigenvalue weighted by Gasteiger charge is -2.27. The highest BCUT2D eigenvalue weighted by atomic mass is 35.5. The standard InChI is InChI=1S/C27H21Cl2N3O4/c1-3-36-27(34)16-4-9-18(10-5-16)32-25(20-13-8-17(28)14-21(20)29)22-23(30-31-24(22)26(32)33)15-6-11-19(35-2)12-7-15/h4-14,25H,3H2,1-2H3,(H,30,31). The van der Waals surface area contributed by atoms with Crippen molar-refractivity contribution in [1.82, 2.24) is 10.2 Å². The molecule has 182 valence electrons. The third-order valence-corrected chi connectivity index (χ3v) is 6.61. The van der Waals surface area contributed by atoms with Crippen molar-refractivity contribution in [2.45, 2.75) is 13.0 Å². The zero-order valence-corrected chi connectivity index (χ0v) is 20.9. The number of carbonyl (C=O) groups is 2. The van der Waals surface area contributed by atoms with E-state index in [1.165, 1.54) is 0 Å². The van der Waals surface area contributed by atoms with E-state index in [1.807, 2.05) is 30.3 Å². The number of aromatic amines is 1. The molecule has 0 aliphatic carbocycles. The number of amides is 1. The van der Waals surface area contributed by atoms with Gasteiger partial charge in [-0.05, 0) is 73.2 Å². The molecule has 0 saturated heterocycles. The minimum atomic E-state index is -0.582. The number of methoxy groups -OCH3 is 1. The summed E-state index contributed by atoms with van der Waals surface area (Å²) in [5.74, 6) is 0.0186. The van der Waals surface area contributed by atoms with Crippen LogP contribution in [0.3, 0.4) is 0 Å². The Kier molecular flexibility index (Phi) is 6.43. The molecule has 0 spiro atoms. The molecule has 7 nitrogen and oxygen atoms in total. The normalized spacial score (nSPS) is 14.6. The highest BCUT2D eigenvalue weighted by molar-refractivity contribution is 6.35. The summed E-state index contributed by atoms with van der Waals surface area (Å²) < 4.78 is 10.4. The van der Waals surface area contributed by atoms with Gasteiger partial charge in [-0.2, -0.15) is 5.10 Å². The topological polar surface area (TPSA) is 84.5 Å². The van der Waals surface area contributed by atoms with Gasteiger partial charge in [0.05, 0.1) is 31.0 Å². The average Bonchev–Trinajstić information content (AvgIpc) is 3.43. The van der Waals surface area contributed by atoms with Crippen LogP contribution in [0.25, 0.3) is 11.3 Å². The van der Waals surface area contributed by atoms with E-state index in [2.05, 4.69) is 10.2 Å². The summed E-state index contributed by atoms with van der Waals surface area (Å²) in [6.07, 6.45) is 0. The Labute approximate surface area is 217 Å². The van der Waals surface area contributed by atoms with Crippen LogP contribution in [0.15, 0.2) is 66.7 Å². The van der Waals surface area contributed by atoms with E-state index >= 15 is 0 Å². The molecular weight excluding hydrogens is 501 g/mol. The number of nitrogens with one attached hydrogen (secondary N) is 1. The van der Waals surface area contributed by atoms with Crippen LogP contribution in [0.1, 0.15) is 44.9 Å². The highest BCUT2D eigenvalue weighted by Gasteiger charge is 2.43. The first-order valence-electron chi connectivity index (χ1n) is 11.2. The van der Waals surface area contributed by atoms with Gasteiger partial charge in [-0.25, -0.2) is 4.79 Å². The molecule has 4 aromatic rings. The first-order chi connectivity index (χ1) is 17.4. The van der Waals surface area contributed by atoms with E-state index in [1.54, 1.807) is 55.3 Å². The Hall–Kier alpha value is -3.81. The number of anilines is 1. The summed E-state index contributed by atoms with van der Waals surface area (Å²) in [5, 5.41) is 8.31. The van der Waals surface area contributed by atoms with Gasteiger partial charge in [-0.1, -0.05) is 29.3 Å². The number of fused-ring (bicyclic) bond motifs is 1. The smallest absolute Gasteiger partial charge is 0.338 e. The van der Waals surface area contributed by atoms with Crippen LogP contribution in [0.2, 0.25) is 10.0 Å². The number of hydrogen-bond acceptors (Lipinski definition) is 5. The van der Waals surface area contributed by atoms with Crippen molar-refractivity contribution in [3.63, 3.8) is 0 Å². The van der Waals surface area contributed by atoms with Gasteiger partial charge in [0.25, 0.3) is 5.91 Å². The van der Waals surface area contributed by atoms with Crippen molar-refractivity contribution < 1.29 is 19.1 Å². The van der Waals surface area contributed by atoms with E-state index in [9.17, 15) is 9.59 Å². The molecule has 1 atom stereocenters. The number of esters is 1. The maximum Gasteiger partial charge on any atom is 0.338 e. The lowest BCUT2D eigenvalue weighted by Crippen LogP contribution is -2.29. The molecule has 2 heterocycles. The minimum Gasteiger partial charge on any atom is -0.497 e. The number of nitrogens with zero attached hydrogens (tertiary/aromatic N) is 2. The number of aromatic nitrogens is 2. The fourth-order valence-corrected chi connectivity index (χ4v) is 4.88. The fourth-order valence-electron chi connectivity index (χ4n) is 4.37. The number of hydrogen-bond donors (Lipinski definition) is 1. The molecule has 0 fully saturated rings. The van der Waals surface area contributed by atoms with Gasteiger partial charge in [0.15, 0.2) is 0 Å².